The average Bonchev–Trinajstić information content (AvgIpc) is 2.28. The van der Waals surface area contributed by atoms with Gasteiger partial charge in [-0.1, -0.05) is 0 Å². The number of benzene rings is 1. The number of aryl methyl sites for hydroxylation is 2. The molecule has 0 bridgehead atoms. The first kappa shape index (κ1) is 12.5. The van der Waals surface area contributed by atoms with Crippen molar-refractivity contribution in [1.29, 1.82) is 0 Å². The third kappa shape index (κ3) is 2.67. The Morgan fingerprint density at radius 3 is 2.29 bits per heavy atom. The fourth-order valence-electron chi connectivity index (χ4n) is 2.76. The minimum Gasteiger partial charge on any atom is -0.381 e. The molecule has 1 atom stereocenters. The molecule has 0 aliphatic carbocycles. The number of ether oxygens (including phenoxy) is 1. The zero-order valence-electron chi connectivity index (χ0n) is 10.5. The summed E-state index contributed by atoms with van der Waals surface area (Å²) in [6, 6.07) is 3.14. The lowest BCUT2D eigenvalue weighted by molar-refractivity contribution is 0.0582. The first-order valence-corrected chi connectivity index (χ1v) is 6.19. The molecule has 1 aliphatic heterocycles. The van der Waals surface area contributed by atoms with Crippen molar-refractivity contribution in [2.45, 2.75) is 32.7 Å². The Bertz CT molecular complexity index is 376. The smallest absolute Gasteiger partial charge is 0.123 e. The molecule has 17 heavy (non-hydrogen) atoms. The zero-order valence-corrected chi connectivity index (χ0v) is 10.5. The van der Waals surface area contributed by atoms with Gasteiger partial charge in [0.25, 0.3) is 0 Å². The van der Waals surface area contributed by atoms with Gasteiger partial charge in [-0.15, -0.1) is 0 Å². The maximum Gasteiger partial charge on any atom is 0.123 e. The Morgan fingerprint density at radius 2 is 1.76 bits per heavy atom. The number of rotatable bonds is 2. The van der Waals surface area contributed by atoms with Gasteiger partial charge in [-0.2, -0.15) is 0 Å². The summed E-state index contributed by atoms with van der Waals surface area (Å²) in [5.41, 5.74) is 9.37. The number of halogens is 1. The Labute approximate surface area is 102 Å². The Kier molecular flexibility index (Phi) is 3.79. The number of nitrogens with two attached hydrogens (primary N) is 1. The van der Waals surface area contributed by atoms with Gasteiger partial charge in [-0.3, -0.25) is 0 Å². The van der Waals surface area contributed by atoms with Crippen molar-refractivity contribution >= 4 is 0 Å². The first-order valence-electron chi connectivity index (χ1n) is 6.19. The van der Waals surface area contributed by atoms with Gasteiger partial charge in [-0.05, 0) is 61.4 Å². The standard InChI is InChI=1S/C14H20FNO/c1-9-7-12(15)8-10(2)13(9)14(16)11-3-5-17-6-4-11/h7-8,11,14H,3-6,16H2,1-2H3. The molecule has 1 saturated heterocycles. The van der Waals surface area contributed by atoms with Crippen LogP contribution in [0.15, 0.2) is 12.1 Å². The second-order valence-corrected chi connectivity index (χ2v) is 4.93. The topological polar surface area (TPSA) is 35.2 Å². The van der Waals surface area contributed by atoms with E-state index >= 15 is 0 Å². The molecule has 0 spiro atoms. The van der Waals surface area contributed by atoms with Crippen molar-refractivity contribution in [3.05, 3.63) is 34.6 Å². The van der Waals surface area contributed by atoms with Crippen LogP contribution in [-0.2, 0) is 4.74 Å². The van der Waals surface area contributed by atoms with Gasteiger partial charge in [0.1, 0.15) is 5.82 Å². The molecule has 0 radical (unpaired) electrons. The predicted molar refractivity (Wildman–Crippen MR) is 66.3 cm³/mol. The Balaban J connectivity index is 2.26. The summed E-state index contributed by atoms with van der Waals surface area (Å²) in [5.74, 6) is 0.273. The summed E-state index contributed by atoms with van der Waals surface area (Å²) >= 11 is 0. The van der Waals surface area contributed by atoms with Crippen molar-refractivity contribution in [2.24, 2.45) is 11.7 Å². The van der Waals surface area contributed by atoms with Crippen LogP contribution in [-0.4, -0.2) is 13.2 Å². The lowest BCUT2D eigenvalue weighted by atomic mass is 9.84. The molecule has 1 aliphatic rings. The van der Waals surface area contributed by atoms with Gasteiger partial charge >= 0.3 is 0 Å². The molecule has 1 unspecified atom stereocenters. The van der Waals surface area contributed by atoms with Crippen LogP contribution in [0.5, 0.6) is 0 Å². The highest BCUT2D eigenvalue weighted by molar-refractivity contribution is 5.37. The van der Waals surface area contributed by atoms with Crippen LogP contribution in [0.4, 0.5) is 4.39 Å². The molecule has 1 fully saturated rings. The van der Waals surface area contributed by atoms with Crippen LogP contribution >= 0.6 is 0 Å². The van der Waals surface area contributed by atoms with E-state index in [4.69, 9.17) is 10.5 Å². The van der Waals surface area contributed by atoms with Gasteiger partial charge in [-0.25, -0.2) is 4.39 Å². The van der Waals surface area contributed by atoms with Crippen molar-refractivity contribution in [3.8, 4) is 0 Å². The third-order valence-corrected chi connectivity index (χ3v) is 3.67. The minimum atomic E-state index is -0.178. The largest absolute Gasteiger partial charge is 0.381 e. The van der Waals surface area contributed by atoms with E-state index in [1.165, 1.54) is 0 Å². The van der Waals surface area contributed by atoms with Crippen LogP contribution < -0.4 is 5.73 Å². The summed E-state index contributed by atoms with van der Waals surface area (Å²) < 4.78 is 18.6. The maximum absolute atomic E-state index is 13.3. The molecule has 1 heterocycles. The van der Waals surface area contributed by atoms with E-state index in [9.17, 15) is 4.39 Å². The molecule has 2 N–H and O–H groups in total. The van der Waals surface area contributed by atoms with Gasteiger partial charge in [0.15, 0.2) is 0 Å². The van der Waals surface area contributed by atoms with E-state index in [1.54, 1.807) is 12.1 Å². The second-order valence-electron chi connectivity index (χ2n) is 4.93. The summed E-state index contributed by atoms with van der Waals surface area (Å²) in [7, 11) is 0. The third-order valence-electron chi connectivity index (χ3n) is 3.67. The number of hydrogen-bond acceptors (Lipinski definition) is 2. The lowest BCUT2D eigenvalue weighted by Gasteiger charge is -2.29. The summed E-state index contributed by atoms with van der Waals surface area (Å²) in [5, 5.41) is 0. The zero-order chi connectivity index (χ0) is 12.4. The molecule has 2 nitrogen and oxygen atoms in total. The molecular formula is C14H20FNO. The highest BCUT2D eigenvalue weighted by Crippen LogP contribution is 2.32. The van der Waals surface area contributed by atoms with Gasteiger partial charge in [0.2, 0.25) is 0 Å². The molecule has 3 heteroatoms. The SMILES string of the molecule is Cc1cc(F)cc(C)c1C(N)C1CCOCC1. The summed E-state index contributed by atoms with van der Waals surface area (Å²) in [6.07, 6.45) is 1.99. The number of hydrogen-bond donors (Lipinski definition) is 1. The average molecular weight is 237 g/mol. The van der Waals surface area contributed by atoms with E-state index in [0.29, 0.717) is 5.92 Å². The van der Waals surface area contributed by atoms with Crippen molar-refractivity contribution < 1.29 is 9.13 Å². The van der Waals surface area contributed by atoms with Crippen LogP contribution in [0.1, 0.15) is 35.6 Å². The van der Waals surface area contributed by atoms with Crippen LogP contribution in [0.25, 0.3) is 0 Å². The van der Waals surface area contributed by atoms with E-state index < -0.39 is 0 Å². The Hall–Kier alpha value is -0.930. The van der Waals surface area contributed by atoms with E-state index in [2.05, 4.69) is 0 Å². The highest BCUT2D eigenvalue weighted by atomic mass is 19.1. The molecule has 1 aromatic rings. The van der Waals surface area contributed by atoms with Gasteiger partial charge in [0.05, 0.1) is 0 Å². The normalized spacial score (nSPS) is 19.3. The fourth-order valence-corrected chi connectivity index (χ4v) is 2.76. The van der Waals surface area contributed by atoms with Gasteiger partial charge < -0.3 is 10.5 Å². The van der Waals surface area contributed by atoms with Crippen LogP contribution in [0.2, 0.25) is 0 Å². The molecular weight excluding hydrogens is 217 g/mol. The summed E-state index contributed by atoms with van der Waals surface area (Å²) in [4.78, 5) is 0. The second kappa shape index (κ2) is 5.15. The molecule has 0 saturated carbocycles. The highest BCUT2D eigenvalue weighted by Gasteiger charge is 2.24. The molecule has 94 valence electrons. The van der Waals surface area contributed by atoms with Gasteiger partial charge in [0, 0.05) is 19.3 Å². The summed E-state index contributed by atoms with van der Waals surface area (Å²) in [6.45, 7) is 5.45. The quantitative estimate of drug-likeness (QED) is 0.858. The fraction of sp³-hybridized carbons (Fsp3) is 0.571. The molecule has 0 amide bonds. The van der Waals surface area contributed by atoms with Crippen molar-refractivity contribution in [3.63, 3.8) is 0 Å². The molecule has 1 aromatic carbocycles. The monoisotopic (exact) mass is 237 g/mol. The first-order chi connectivity index (χ1) is 8.09. The van der Waals surface area contributed by atoms with E-state index in [1.807, 2.05) is 13.8 Å². The van der Waals surface area contributed by atoms with Crippen LogP contribution in [0, 0.1) is 25.6 Å². The van der Waals surface area contributed by atoms with Crippen LogP contribution in [0.3, 0.4) is 0 Å². The molecule has 2 rings (SSSR count). The Morgan fingerprint density at radius 1 is 1.24 bits per heavy atom. The predicted octanol–water partition coefficient (Wildman–Crippen LogP) is 2.87. The van der Waals surface area contributed by atoms with Crippen molar-refractivity contribution in [2.75, 3.05) is 13.2 Å². The lowest BCUT2D eigenvalue weighted by Crippen LogP contribution is -2.28. The molecule has 0 aromatic heterocycles. The van der Waals surface area contributed by atoms with Crippen molar-refractivity contribution in [1.82, 2.24) is 0 Å². The maximum atomic E-state index is 13.3. The van der Waals surface area contributed by atoms with E-state index in [-0.39, 0.29) is 11.9 Å². The van der Waals surface area contributed by atoms with E-state index in [0.717, 1.165) is 42.7 Å². The minimum absolute atomic E-state index is 0.000463.